The number of anilines is 2. The number of hydrogen-bond acceptors (Lipinski definition) is 3. The fraction of sp³-hybridized carbons (Fsp3) is 0.300. The number of carbonyl (C=O) groups is 2. The van der Waals surface area contributed by atoms with Gasteiger partial charge in [-0.25, -0.2) is 0 Å². The highest BCUT2D eigenvalue weighted by molar-refractivity contribution is 6.34. The second-order valence-electron chi connectivity index (χ2n) is 6.57. The lowest BCUT2D eigenvalue weighted by Gasteiger charge is -2.18. The van der Waals surface area contributed by atoms with Crippen molar-refractivity contribution in [3.05, 3.63) is 58.6 Å². The predicted molar refractivity (Wildman–Crippen MR) is 103 cm³/mol. The molecule has 0 saturated carbocycles. The number of nitrogens with zero attached hydrogens (tertiary/aromatic N) is 1. The van der Waals surface area contributed by atoms with Crippen LogP contribution in [-0.4, -0.2) is 31.1 Å². The quantitative estimate of drug-likeness (QED) is 0.722. The van der Waals surface area contributed by atoms with Crippen LogP contribution in [0.15, 0.2) is 42.5 Å². The maximum absolute atomic E-state index is 12.4. The van der Waals surface area contributed by atoms with E-state index in [1.54, 1.807) is 23.1 Å². The average Bonchev–Trinajstić information content (AvgIpc) is 3.07. The molecule has 0 radical (unpaired) electrons. The van der Waals surface area contributed by atoms with E-state index < -0.39 is 18.7 Å². The minimum atomic E-state index is -4.38. The maximum atomic E-state index is 12.4. The molecule has 2 amide bonds. The lowest BCUT2D eigenvalue weighted by molar-refractivity contribution is -0.176. The van der Waals surface area contributed by atoms with Gasteiger partial charge in [-0.15, -0.1) is 0 Å². The van der Waals surface area contributed by atoms with E-state index in [0.717, 1.165) is 6.42 Å². The molecular weight excluding hydrogens is 409 g/mol. The van der Waals surface area contributed by atoms with Gasteiger partial charge in [-0.2, -0.15) is 13.2 Å². The zero-order valence-electron chi connectivity index (χ0n) is 15.3. The van der Waals surface area contributed by atoms with E-state index in [9.17, 15) is 22.8 Å². The minimum Gasteiger partial charge on any atom is -0.367 e. The highest BCUT2D eigenvalue weighted by atomic mass is 35.5. The summed E-state index contributed by atoms with van der Waals surface area (Å²) in [6.45, 7) is -0.911. The molecule has 0 atom stereocenters. The first-order valence-electron chi connectivity index (χ1n) is 8.88. The molecule has 0 aromatic heterocycles. The lowest BCUT2D eigenvalue weighted by Crippen LogP contribution is -2.24. The summed E-state index contributed by atoms with van der Waals surface area (Å²) in [6, 6.07) is 11.0. The van der Waals surface area contributed by atoms with Crippen LogP contribution in [0.2, 0.25) is 5.02 Å². The first-order valence-corrected chi connectivity index (χ1v) is 9.25. The third-order valence-corrected chi connectivity index (χ3v) is 4.62. The number of halogens is 4. The second-order valence-corrected chi connectivity index (χ2v) is 6.98. The van der Waals surface area contributed by atoms with Gasteiger partial charge in [0, 0.05) is 24.2 Å². The number of hydrogen-bond donors (Lipinski definition) is 1. The predicted octanol–water partition coefficient (Wildman–Crippen LogP) is 4.80. The van der Waals surface area contributed by atoms with Crippen molar-refractivity contribution >= 4 is 34.8 Å². The Labute approximate surface area is 170 Å². The highest BCUT2D eigenvalue weighted by Gasteiger charge is 2.27. The topological polar surface area (TPSA) is 58.6 Å². The summed E-state index contributed by atoms with van der Waals surface area (Å²) in [6.07, 6.45) is -3.10. The van der Waals surface area contributed by atoms with Crippen LogP contribution < -0.4 is 10.2 Å². The van der Waals surface area contributed by atoms with Crippen LogP contribution in [0.3, 0.4) is 0 Å². The van der Waals surface area contributed by atoms with Crippen molar-refractivity contribution in [3.63, 3.8) is 0 Å². The number of nitrogens with one attached hydrogen (secondary N) is 1. The Morgan fingerprint density at radius 3 is 2.48 bits per heavy atom. The molecule has 1 aliphatic heterocycles. The molecule has 1 saturated heterocycles. The van der Waals surface area contributed by atoms with Crippen LogP contribution in [0.25, 0.3) is 0 Å². The van der Waals surface area contributed by atoms with E-state index in [1.807, 2.05) is 0 Å². The summed E-state index contributed by atoms with van der Waals surface area (Å²) in [7, 11) is 0. The normalized spacial score (nSPS) is 14.3. The van der Waals surface area contributed by atoms with Gasteiger partial charge in [0.1, 0.15) is 6.61 Å². The lowest BCUT2D eigenvalue weighted by atomic mass is 10.1. The van der Waals surface area contributed by atoms with Crippen molar-refractivity contribution in [1.29, 1.82) is 0 Å². The molecule has 0 unspecified atom stereocenters. The van der Waals surface area contributed by atoms with E-state index in [1.165, 1.54) is 24.3 Å². The van der Waals surface area contributed by atoms with Gasteiger partial charge in [-0.3, -0.25) is 9.59 Å². The summed E-state index contributed by atoms with van der Waals surface area (Å²) in [5, 5.41) is 3.06. The van der Waals surface area contributed by atoms with Crippen LogP contribution in [-0.2, 0) is 16.1 Å². The Kier molecular flexibility index (Phi) is 6.44. The van der Waals surface area contributed by atoms with Crippen LogP contribution in [0.5, 0.6) is 0 Å². The summed E-state index contributed by atoms with van der Waals surface area (Å²) in [4.78, 5) is 25.8. The molecule has 154 valence electrons. The van der Waals surface area contributed by atoms with Crippen molar-refractivity contribution in [2.75, 3.05) is 23.4 Å². The zero-order chi connectivity index (χ0) is 21.0. The van der Waals surface area contributed by atoms with E-state index in [2.05, 4.69) is 10.1 Å². The zero-order valence-corrected chi connectivity index (χ0v) is 16.0. The van der Waals surface area contributed by atoms with E-state index in [-0.39, 0.29) is 12.5 Å². The molecule has 2 aromatic rings. The Balaban J connectivity index is 1.60. The monoisotopic (exact) mass is 426 g/mol. The number of rotatable bonds is 6. The maximum Gasteiger partial charge on any atom is 0.411 e. The minimum absolute atomic E-state index is 0.0167. The number of amides is 2. The largest absolute Gasteiger partial charge is 0.411 e. The molecule has 0 bridgehead atoms. The van der Waals surface area contributed by atoms with Gasteiger partial charge in [0.2, 0.25) is 5.91 Å². The molecule has 1 N–H and O–H groups in total. The van der Waals surface area contributed by atoms with E-state index in [4.69, 9.17) is 11.6 Å². The number of ether oxygens (including phenoxy) is 1. The van der Waals surface area contributed by atoms with Crippen LogP contribution >= 0.6 is 11.6 Å². The third-order valence-electron chi connectivity index (χ3n) is 4.32. The Morgan fingerprint density at radius 1 is 1.17 bits per heavy atom. The third kappa shape index (κ3) is 5.71. The van der Waals surface area contributed by atoms with Gasteiger partial charge < -0.3 is 15.0 Å². The van der Waals surface area contributed by atoms with Crippen LogP contribution in [0.1, 0.15) is 28.8 Å². The van der Waals surface area contributed by atoms with Gasteiger partial charge in [0.15, 0.2) is 0 Å². The molecule has 29 heavy (non-hydrogen) atoms. The molecule has 1 fully saturated rings. The standard InChI is InChI=1S/C20H18ClF3N2O3/c21-16-10-15(7-8-17(16)26-9-1-2-18(26)27)25-19(28)14-5-3-13(4-6-14)11-29-12-20(22,23)24/h3-8,10H,1-2,9,11-12H2,(H,25,28). The number of benzene rings is 2. The number of carbonyl (C=O) groups excluding carboxylic acids is 2. The number of alkyl halides is 3. The molecular formula is C20H18ClF3N2O3. The second kappa shape index (κ2) is 8.84. The summed E-state index contributed by atoms with van der Waals surface area (Å²) < 4.78 is 40.9. The van der Waals surface area contributed by atoms with Crippen molar-refractivity contribution in [2.24, 2.45) is 0 Å². The first kappa shape index (κ1) is 21.1. The van der Waals surface area contributed by atoms with Gasteiger partial charge in [0.05, 0.1) is 17.3 Å². The molecule has 9 heteroatoms. The van der Waals surface area contributed by atoms with Crippen molar-refractivity contribution in [1.82, 2.24) is 0 Å². The Hall–Kier alpha value is -2.58. The molecule has 2 aromatic carbocycles. The van der Waals surface area contributed by atoms with Gasteiger partial charge in [-0.05, 0) is 42.3 Å². The van der Waals surface area contributed by atoms with E-state index >= 15 is 0 Å². The molecule has 3 rings (SSSR count). The van der Waals surface area contributed by atoms with Gasteiger partial charge in [-0.1, -0.05) is 23.7 Å². The fourth-order valence-electron chi connectivity index (χ4n) is 2.95. The molecule has 0 spiro atoms. The van der Waals surface area contributed by atoms with Gasteiger partial charge in [0.25, 0.3) is 5.91 Å². The molecule has 1 heterocycles. The molecule has 5 nitrogen and oxygen atoms in total. The molecule has 1 aliphatic rings. The van der Waals surface area contributed by atoms with Crippen LogP contribution in [0, 0.1) is 0 Å². The smallest absolute Gasteiger partial charge is 0.367 e. The summed E-state index contributed by atoms with van der Waals surface area (Å²) in [5.74, 6) is -0.378. The van der Waals surface area contributed by atoms with Gasteiger partial charge >= 0.3 is 6.18 Å². The van der Waals surface area contributed by atoms with Crippen molar-refractivity contribution in [2.45, 2.75) is 25.6 Å². The SMILES string of the molecule is O=C(Nc1ccc(N2CCCC2=O)c(Cl)c1)c1ccc(COCC(F)(F)F)cc1. The Bertz CT molecular complexity index is 901. The Morgan fingerprint density at radius 2 is 1.90 bits per heavy atom. The summed E-state index contributed by atoms with van der Waals surface area (Å²) >= 11 is 6.27. The van der Waals surface area contributed by atoms with Crippen LogP contribution in [0.4, 0.5) is 24.5 Å². The average molecular weight is 427 g/mol. The van der Waals surface area contributed by atoms with Crippen molar-refractivity contribution in [3.8, 4) is 0 Å². The molecule has 0 aliphatic carbocycles. The highest BCUT2D eigenvalue weighted by Crippen LogP contribution is 2.31. The van der Waals surface area contributed by atoms with E-state index in [0.29, 0.717) is 40.5 Å². The fourth-order valence-corrected chi connectivity index (χ4v) is 3.23. The van der Waals surface area contributed by atoms with Crippen molar-refractivity contribution < 1.29 is 27.5 Å². The first-order chi connectivity index (χ1) is 13.7. The summed E-state index contributed by atoms with van der Waals surface area (Å²) in [5.41, 5.74) is 1.93.